The maximum Gasteiger partial charge on any atom is 0.522 e. The zero-order valence-corrected chi connectivity index (χ0v) is 13.1. The second kappa shape index (κ2) is 6.07. The molecule has 1 aliphatic heterocycles. The number of hydrogen-bond donors (Lipinski definition) is 3. The van der Waals surface area contributed by atoms with Gasteiger partial charge in [-0.1, -0.05) is 6.07 Å². The van der Waals surface area contributed by atoms with Crippen molar-refractivity contribution in [3.8, 4) is 5.75 Å². The number of fused-ring (bicyclic) bond motifs is 1. The summed E-state index contributed by atoms with van der Waals surface area (Å²) in [7, 11) is -0.795. The Kier molecular flexibility index (Phi) is 4.59. The summed E-state index contributed by atoms with van der Waals surface area (Å²) in [5, 5.41) is 9.76. The number of carbonyl (C=O) groups excluding carboxylic acids is 1. The predicted molar refractivity (Wildman–Crippen MR) is 83.3 cm³/mol. The predicted octanol–water partition coefficient (Wildman–Crippen LogP) is 1.83. The molecule has 1 aliphatic rings. The number of carbonyl (C=O) groups is 1. The normalized spacial score (nSPS) is 15.0. The van der Waals surface area contributed by atoms with Gasteiger partial charge in [0.15, 0.2) is 0 Å². The van der Waals surface area contributed by atoms with Crippen LogP contribution < -0.4 is 15.5 Å². The van der Waals surface area contributed by atoms with Crippen LogP contribution in [0.3, 0.4) is 0 Å². The summed E-state index contributed by atoms with van der Waals surface area (Å²) >= 11 is 0. The van der Waals surface area contributed by atoms with Crippen molar-refractivity contribution >= 4 is 13.0 Å². The van der Waals surface area contributed by atoms with E-state index >= 15 is 0 Å². The van der Waals surface area contributed by atoms with E-state index in [2.05, 4.69) is 10.9 Å². The van der Waals surface area contributed by atoms with Gasteiger partial charge in [0.1, 0.15) is 5.75 Å². The number of rotatable bonds is 2. The van der Waals surface area contributed by atoms with Crippen LogP contribution in [0.5, 0.6) is 5.75 Å². The van der Waals surface area contributed by atoms with Gasteiger partial charge in [0, 0.05) is 16.7 Å². The summed E-state index contributed by atoms with van der Waals surface area (Å²) < 4.78 is 5.58. The van der Waals surface area contributed by atoms with E-state index in [1.165, 1.54) is 0 Å². The molecule has 5 nitrogen and oxygen atoms in total. The largest absolute Gasteiger partial charge is 0.536 e. The molecule has 0 spiro atoms. The molecule has 0 atom stereocenters. The van der Waals surface area contributed by atoms with E-state index in [9.17, 15) is 9.82 Å². The Labute approximate surface area is 126 Å². The molecule has 1 amide bonds. The van der Waals surface area contributed by atoms with Gasteiger partial charge in [-0.3, -0.25) is 10.2 Å². The second-order valence-corrected chi connectivity index (χ2v) is 6.52. The lowest BCUT2D eigenvalue weighted by molar-refractivity contribution is 0.0913. The van der Waals surface area contributed by atoms with Crippen LogP contribution in [0.15, 0.2) is 12.1 Å². The van der Waals surface area contributed by atoms with Crippen LogP contribution in [0.2, 0.25) is 6.32 Å². The summed E-state index contributed by atoms with van der Waals surface area (Å²) in [6, 6.07) is 3.72. The molecule has 0 radical (unpaired) electrons. The Morgan fingerprint density at radius 3 is 2.76 bits per heavy atom. The van der Waals surface area contributed by atoms with Crippen LogP contribution in [-0.2, 0) is 6.42 Å². The molecule has 0 aliphatic carbocycles. The zero-order chi connectivity index (χ0) is 15.6. The van der Waals surface area contributed by atoms with E-state index in [4.69, 9.17) is 4.65 Å². The summed E-state index contributed by atoms with van der Waals surface area (Å²) in [6.45, 7) is 7.76. The fourth-order valence-electron chi connectivity index (χ4n) is 2.33. The van der Waals surface area contributed by atoms with E-state index in [-0.39, 0.29) is 11.4 Å². The molecule has 0 saturated heterocycles. The minimum Gasteiger partial charge on any atom is -0.536 e. The molecule has 1 aromatic carbocycles. The fraction of sp³-hybridized carbons (Fsp3) is 0.533. The Balaban J connectivity index is 2.24. The molecule has 0 aromatic heterocycles. The van der Waals surface area contributed by atoms with E-state index in [1.807, 2.05) is 39.8 Å². The minimum absolute atomic E-state index is 0.201. The lowest BCUT2D eigenvalue weighted by Crippen LogP contribution is -2.48. The third kappa shape index (κ3) is 3.98. The van der Waals surface area contributed by atoms with E-state index in [1.54, 1.807) is 0 Å². The first-order valence-corrected chi connectivity index (χ1v) is 7.32. The van der Waals surface area contributed by atoms with E-state index in [0.29, 0.717) is 17.6 Å². The molecule has 0 unspecified atom stereocenters. The molecular weight excluding hydrogens is 267 g/mol. The molecular formula is C15H23BN2O3. The van der Waals surface area contributed by atoms with Crippen molar-refractivity contribution in [3.63, 3.8) is 0 Å². The molecule has 1 aromatic rings. The van der Waals surface area contributed by atoms with Gasteiger partial charge in [0.25, 0.3) is 5.91 Å². The van der Waals surface area contributed by atoms with Gasteiger partial charge in [-0.2, -0.15) is 0 Å². The third-order valence-corrected chi connectivity index (χ3v) is 3.43. The summed E-state index contributed by atoms with van der Waals surface area (Å²) in [5.74, 6) is 0.441. The molecule has 6 heteroatoms. The molecule has 21 heavy (non-hydrogen) atoms. The number of hydrogen-bond acceptors (Lipinski definition) is 4. The Morgan fingerprint density at radius 2 is 2.10 bits per heavy atom. The average Bonchev–Trinajstić information content (AvgIpc) is 2.57. The van der Waals surface area contributed by atoms with Crippen molar-refractivity contribution in [1.82, 2.24) is 10.9 Å². The van der Waals surface area contributed by atoms with E-state index < -0.39 is 7.12 Å². The summed E-state index contributed by atoms with van der Waals surface area (Å²) in [6.07, 6.45) is 2.35. The summed E-state index contributed by atoms with van der Waals surface area (Å²) in [5.41, 5.74) is 7.83. The van der Waals surface area contributed by atoms with Crippen molar-refractivity contribution in [2.24, 2.45) is 0 Å². The smallest absolute Gasteiger partial charge is 0.522 e. The number of aryl methyl sites for hydroxylation is 1. The van der Waals surface area contributed by atoms with Gasteiger partial charge in [0.05, 0.1) is 0 Å². The van der Waals surface area contributed by atoms with Crippen LogP contribution >= 0.6 is 0 Å². The molecule has 1 heterocycles. The van der Waals surface area contributed by atoms with Crippen LogP contribution in [0, 0.1) is 6.92 Å². The van der Waals surface area contributed by atoms with Crippen molar-refractivity contribution in [2.45, 2.75) is 52.4 Å². The highest BCUT2D eigenvalue weighted by atomic mass is 16.5. The number of amides is 1. The maximum atomic E-state index is 12.3. The lowest BCUT2D eigenvalue weighted by Gasteiger charge is -2.22. The standard InChI is InChI=1S/C15H23BN2O3/c1-10-12(14(19)17-18-15(2,3)4)8-7-11-6-5-9-16(20)21-13(10)11/h7-8,18,20H,5-6,9H2,1-4H3,(H,17,19). The van der Waals surface area contributed by atoms with Crippen molar-refractivity contribution in [2.75, 3.05) is 0 Å². The molecule has 114 valence electrons. The van der Waals surface area contributed by atoms with Gasteiger partial charge >= 0.3 is 7.12 Å². The maximum absolute atomic E-state index is 12.3. The van der Waals surface area contributed by atoms with Gasteiger partial charge in [0.2, 0.25) is 0 Å². The highest BCUT2D eigenvalue weighted by Gasteiger charge is 2.25. The lowest BCUT2D eigenvalue weighted by atomic mass is 9.84. The topological polar surface area (TPSA) is 70.6 Å². The first-order valence-electron chi connectivity index (χ1n) is 7.32. The quantitative estimate of drug-likeness (QED) is 0.574. The van der Waals surface area contributed by atoms with Crippen molar-refractivity contribution in [3.05, 3.63) is 28.8 Å². The number of benzene rings is 1. The van der Waals surface area contributed by atoms with Crippen molar-refractivity contribution in [1.29, 1.82) is 0 Å². The van der Waals surface area contributed by atoms with Crippen LogP contribution in [0.1, 0.15) is 48.7 Å². The first kappa shape index (κ1) is 15.9. The summed E-state index contributed by atoms with van der Waals surface area (Å²) in [4.78, 5) is 12.3. The van der Waals surface area contributed by atoms with Crippen LogP contribution in [0.4, 0.5) is 0 Å². The average molecular weight is 290 g/mol. The molecule has 0 bridgehead atoms. The van der Waals surface area contributed by atoms with Gasteiger partial charge < -0.3 is 9.68 Å². The van der Waals surface area contributed by atoms with Crippen LogP contribution in [0.25, 0.3) is 0 Å². The third-order valence-electron chi connectivity index (χ3n) is 3.43. The molecule has 3 N–H and O–H groups in total. The minimum atomic E-state index is -0.795. The second-order valence-electron chi connectivity index (χ2n) is 6.52. The van der Waals surface area contributed by atoms with Crippen molar-refractivity contribution < 1.29 is 14.5 Å². The molecule has 0 fully saturated rings. The Hall–Kier alpha value is -1.53. The van der Waals surface area contributed by atoms with Gasteiger partial charge in [-0.15, -0.1) is 0 Å². The monoisotopic (exact) mass is 290 g/mol. The van der Waals surface area contributed by atoms with Gasteiger partial charge in [-0.05, 0) is 58.5 Å². The number of hydrazine groups is 1. The van der Waals surface area contributed by atoms with Gasteiger partial charge in [-0.25, -0.2) is 5.43 Å². The highest BCUT2D eigenvalue weighted by molar-refractivity contribution is 6.43. The Bertz CT molecular complexity index is 540. The SMILES string of the molecule is Cc1c(C(=O)NNC(C)(C)C)ccc2c1OB(O)CCC2. The highest BCUT2D eigenvalue weighted by Crippen LogP contribution is 2.31. The van der Waals surface area contributed by atoms with Crippen LogP contribution in [-0.4, -0.2) is 23.6 Å². The number of nitrogens with one attached hydrogen (secondary N) is 2. The van der Waals surface area contributed by atoms with E-state index in [0.717, 1.165) is 24.0 Å². The Morgan fingerprint density at radius 1 is 1.38 bits per heavy atom. The fourth-order valence-corrected chi connectivity index (χ4v) is 2.33. The first-order chi connectivity index (χ1) is 9.78. The molecule has 2 rings (SSSR count). The molecule has 0 saturated carbocycles. The zero-order valence-electron chi connectivity index (χ0n) is 13.1.